The lowest BCUT2D eigenvalue weighted by Gasteiger charge is -2.31. The SMILES string of the molecule is CCNC(=O)C(Cc1ccccc1)N(Cc1ccc(OC)cc1)C(=O)CC. The van der Waals surface area contributed by atoms with Crippen LogP contribution in [0.3, 0.4) is 0 Å². The summed E-state index contributed by atoms with van der Waals surface area (Å²) in [5, 5.41) is 2.88. The van der Waals surface area contributed by atoms with Gasteiger partial charge in [-0.15, -0.1) is 0 Å². The molecule has 0 heterocycles. The maximum atomic E-state index is 12.8. The third-order valence-corrected chi connectivity index (χ3v) is 4.44. The van der Waals surface area contributed by atoms with Gasteiger partial charge in [0, 0.05) is 25.9 Å². The van der Waals surface area contributed by atoms with E-state index in [9.17, 15) is 9.59 Å². The van der Waals surface area contributed by atoms with E-state index in [1.807, 2.05) is 68.4 Å². The lowest BCUT2D eigenvalue weighted by molar-refractivity contribution is -0.141. The largest absolute Gasteiger partial charge is 0.497 e. The maximum absolute atomic E-state index is 12.8. The summed E-state index contributed by atoms with van der Waals surface area (Å²) < 4.78 is 5.19. The van der Waals surface area contributed by atoms with E-state index in [-0.39, 0.29) is 11.8 Å². The Labute approximate surface area is 161 Å². The standard InChI is InChI=1S/C22H28N2O3/c1-4-21(25)24(16-18-11-13-19(27-3)14-12-18)20(22(26)23-5-2)15-17-9-7-6-8-10-17/h6-14,20H,4-5,15-16H2,1-3H3,(H,23,26). The van der Waals surface area contributed by atoms with Crippen molar-refractivity contribution in [2.75, 3.05) is 13.7 Å². The van der Waals surface area contributed by atoms with Gasteiger partial charge in [-0.3, -0.25) is 9.59 Å². The van der Waals surface area contributed by atoms with Crippen molar-refractivity contribution in [3.63, 3.8) is 0 Å². The number of nitrogens with zero attached hydrogens (tertiary/aromatic N) is 1. The Hall–Kier alpha value is -2.82. The molecule has 0 aliphatic rings. The molecule has 0 spiro atoms. The molecule has 0 aromatic heterocycles. The molecule has 1 atom stereocenters. The molecule has 0 aliphatic heterocycles. The van der Waals surface area contributed by atoms with Crippen LogP contribution in [0.2, 0.25) is 0 Å². The number of carbonyl (C=O) groups is 2. The highest BCUT2D eigenvalue weighted by Crippen LogP contribution is 2.18. The number of ether oxygens (including phenoxy) is 1. The summed E-state index contributed by atoms with van der Waals surface area (Å²) >= 11 is 0. The average molecular weight is 368 g/mol. The van der Waals surface area contributed by atoms with E-state index in [0.717, 1.165) is 16.9 Å². The Morgan fingerprint density at radius 2 is 1.67 bits per heavy atom. The maximum Gasteiger partial charge on any atom is 0.243 e. The van der Waals surface area contributed by atoms with E-state index >= 15 is 0 Å². The van der Waals surface area contributed by atoms with Crippen LogP contribution in [0.4, 0.5) is 0 Å². The number of likely N-dealkylation sites (N-methyl/N-ethyl adjacent to an activating group) is 1. The summed E-state index contributed by atoms with van der Waals surface area (Å²) in [4.78, 5) is 27.2. The Balaban J connectivity index is 2.30. The summed E-state index contributed by atoms with van der Waals surface area (Å²) in [6, 6.07) is 16.8. The molecule has 2 aromatic rings. The van der Waals surface area contributed by atoms with Gasteiger partial charge in [0.25, 0.3) is 0 Å². The Bertz CT molecular complexity index is 729. The van der Waals surface area contributed by atoms with E-state index < -0.39 is 6.04 Å². The third-order valence-electron chi connectivity index (χ3n) is 4.44. The molecule has 2 aromatic carbocycles. The van der Waals surface area contributed by atoms with Crippen molar-refractivity contribution in [2.45, 2.75) is 39.3 Å². The van der Waals surface area contributed by atoms with Gasteiger partial charge in [-0.05, 0) is 30.2 Å². The number of hydrogen-bond acceptors (Lipinski definition) is 3. The van der Waals surface area contributed by atoms with E-state index in [1.165, 1.54) is 0 Å². The van der Waals surface area contributed by atoms with Crippen molar-refractivity contribution in [1.29, 1.82) is 0 Å². The molecule has 144 valence electrons. The lowest BCUT2D eigenvalue weighted by atomic mass is 10.0. The smallest absolute Gasteiger partial charge is 0.243 e. The van der Waals surface area contributed by atoms with Gasteiger partial charge in [-0.1, -0.05) is 49.4 Å². The van der Waals surface area contributed by atoms with Crippen molar-refractivity contribution in [2.24, 2.45) is 0 Å². The van der Waals surface area contributed by atoms with Crippen molar-refractivity contribution in [3.8, 4) is 5.75 Å². The Morgan fingerprint density at radius 3 is 2.22 bits per heavy atom. The fourth-order valence-electron chi connectivity index (χ4n) is 2.98. The van der Waals surface area contributed by atoms with Crippen LogP contribution in [0.25, 0.3) is 0 Å². The minimum atomic E-state index is -0.554. The minimum absolute atomic E-state index is 0.0435. The van der Waals surface area contributed by atoms with Crippen LogP contribution in [0.15, 0.2) is 54.6 Å². The van der Waals surface area contributed by atoms with Crippen LogP contribution < -0.4 is 10.1 Å². The second-order valence-electron chi connectivity index (χ2n) is 6.32. The zero-order valence-electron chi connectivity index (χ0n) is 16.3. The topological polar surface area (TPSA) is 58.6 Å². The summed E-state index contributed by atoms with van der Waals surface area (Å²) in [5.41, 5.74) is 1.98. The molecule has 2 amide bonds. The number of rotatable bonds is 9. The fourth-order valence-corrected chi connectivity index (χ4v) is 2.98. The van der Waals surface area contributed by atoms with Crippen molar-refractivity contribution in [1.82, 2.24) is 10.2 Å². The molecule has 5 heteroatoms. The van der Waals surface area contributed by atoms with E-state index in [2.05, 4.69) is 5.32 Å². The molecule has 0 saturated carbocycles. The fraction of sp³-hybridized carbons (Fsp3) is 0.364. The monoisotopic (exact) mass is 368 g/mol. The van der Waals surface area contributed by atoms with Gasteiger partial charge in [0.05, 0.1) is 7.11 Å². The van der Waals surface area contributed by atoms with Crippen LogP contribution >= 0.6 is 0 Å². The average Bonchev–Trinajstić information content (AvgIpc) is 2.71. The summed E-state index contributed by atoms with van der Waals surface area (Å²) in [5.74, 6) is 0.589. The molecule has 0 aliphatic carbocycles. The van der Waals surface area contributed by atoms with Gasteiger partial charge in [0.2, 0.25) is 11.8 Å². The number of amides is 2. The lowest BCUT2D eigenvalue weighted by Crippen LogP contribution is -2.50. The van der Waals surface area contributed by atoms with Gasteiger partial charge in [0.15, 0.2) is 0 Å². The van der Waals surface area contributed by atoms with Gasteiger partial charge in [-0.2, -0.15) is 0 Å². The summed E-state index contributed by atoms with van der Waals surface area (Å²) in [6.45, 7) is 4.61. The van der Waals surface area contributed by atoms with Gasteiger partial charge in [-0.25, -0.2) is 0 Å². The summed E-state index contributed by atoms with van der Waals surface area (Å²) in [7, 11) is 1.62. The zero-order chi connectivity index (χ0) is 19.6. The van der Waals surface area contributed by atoms with Crippen LogP contribution in [-0.2, 0) is 22.6 Å². The van der Waals surface area contributed by atoms with E-state index in [4.69, 9.17) is 4.74 Å². The first-order valence-electron chi connectivity index (χ1n) is 9.33. The second kappa shape index (κ2) is 10.4. The predicted molar refractivity (Wildman–Crippen MR) is 106 cm³/mol. The van der Waals surface area contributed by atoms with E-state index in [1.54, 1.807) is 12.0 Å². The van der Waals surface area contributed by atoms with Gasteiger partial charge >= 0.3 is 0 Å². The van der Waals surface area contributed by atoms with Gasteiger partial charge < -0.3 is 15.0 Å². The zero-order valence-corrected chi connectivity index (χ0v) is 16.3. The second-order valence-corrected chi connectivity index (χ2v) is 6.32. The van der Waals surface area contributed by atoms with Crippen molar-refractivity contribution in [3.05, 3.63) is 65.7 Å². The number of benzene rings is 2. The normalized spacial score (nSPS) is 11.5. The molecule has 0 fully saturated rings. The molecule has 2 rings (SSSR count). The Kier molecular flexibility index (Phi) is 7.86. The number of nitrogens with one attached hydrogen (secondary N) is 1. The number of carbonyl (C=O) groups excluding carboxylic acids is 2. The molecule has 5 nitrogen and oxygen atoms in total. The molecule has 27 heavy (non-hydrogen) atoms. The Morgan fingerprint density at radius 1 is 1.00 bits per heavy atom. The first kappa shape index (κ1) is 20.5. The van der Waals surface area contributed by atoms with E-state index in [0.29, 0.717) is 25.9 Å². The van der Waals surface area contributed by atoms with Crippen molar-refractivity contribution < 1.29 is 14.3 Å². The first-order valence-corrected chi connectivity index (χ1v) is 9.33. The molecule has 1 unspecified atom stereocenters. The van der Waals surface area contributed by atoms with Gasteiger partial charge in [0.1, 0.15) is 11.8 Å². The highest BCUT2D eigenvalue weighted by atomic mass is 16.5. The molecular formula is C22H28N2O3. The van der Waals surface area contributed by atoms with Crippen LogP contribution in [-0.4, -0.2) is 36.4 Å². The van der Waals surface area contributed by atoms with Crippen LogP contribution in [0.5, 0.6) is 5.75 Å². The quantitative estimate of drug-likeness (QED) is 0.740. The van der Waals surface area contributed by atoms with Crippen LogP contribution in [0, 0.1) is 0 Å². The first-order chi connectivity index (χ1) is 13.1. The van der Waals surface area contributed by atoms with Crippen LogP contribution in [0.1, 0.15) is 31.4 Å². The number of hydrogen-bond donors (Lipinski definition) is 1. The molecule has 1 N–H and O–H groups in total. The molecule has 0 radical (unpaired) electrons. The summed E-state index contributed by atoms with van der Waals surface area (Å²) in [6.07, 6.45) is 0.829. The highest BCUT2D eigenvalue weighted by Gasteiger charge is 2.29. The highest BCUT2D eigenvalue weighted by molar-refractivity contribution is 5.87. The molecule has 0 bridgehead atoms. The predicted octanol–water partition coefficient (Wildman–Crippen LogP) is 3.18. The molecular weight excluding hydrogens is 340 g/mol. The molecule has 0 saturated heterocycles. The minimum Gasteiger partial charge on any atom is -0.497 e. The van der Waals surface area contributed by atoms with Crippen molar-refractivity contribution >= 4 is 11.8 Å². The third kappa shape index (κ3) is 5.84. The number of methoxy groups -OCH3 is 1.